The summed E-state index contributed by atoms with van der Waals surface area (Å²) in [6, 6.07) is 8.74. The van der Waals surface area contributed by atoms with Gasteiger partial charge >= 0.3 is 0 Å². The van der Waals surface area contributed by atoms with E-state index in [1.54, 1.807) is 11.8 Å². The summed E-state index contributed by atoms with van der Waals surface area (Å²) in [6.07, 6.45) is 0.923. The molecule has 0 radical (unpaired) electrons. The maximum Gasteiger partial charge on any atom is 0.233 e. The molecular weight excluding hydrogens is 280 g/mol. The number of carbonyl (C=O) groups is 1. The van der Waals surface area contributed by atoms with E-state index in [2.05, 4.69) is 62.6 Å². The van der Waals surface area contributed by atoms with Crippen LogP contribution in [-0.4, -0.2) is 23.7 Å². The fraction of sp³-hybridized carbons (Fsp3) is 0.588. The number of rotatable bonds is 7. The van der Waals surface area contributed by atoms with Crippen molar-refractivity contribution >= 4 is 17.7 Å². The van der Waals surface area contributed by atoms with Gasteiger partial charge in [-0.3, -0.25) is 4.79 Å². The molecule has 2 N–H and O–H groups in total. The summed E-state index contributed by atoms with van der Waals surface area (Å²) < 4.78 is 0. The molecular formula is C17H28N2OS. The summed E-state index contributed by atoms with van der Waals surface area (Å²) in [7, 11) is 1.95. The van der Waals surface area contributed by atoms with Crippen molar-refractivity contribution in [1.29, 1.82) is 0 Å². The van der Waals surface area contributed by atoms with Crippen LogP contribution in [0.25, 0.3) is 0 Å². The highest BCUT2D eigenvalue weighted by Crippen LogP contribution is 2.25. The summed E-state index contributed by atoms with van der Waals surface area (Å²) in [5, 5.41) is 6.22. The van der Waals surface area contributed by atoms with Crippen molar-refractivity contribution in [1.82, 2.24) is 10.6 Å². The standard InChI is InChI=1S/C17H28N2OS/c1-7-17(4,5)19-16(20)13(3)21-15-10-8-14(9-11-15)12(2)18-6/h8-13,18H,7H2,1-6H3,(H,19,20). The Labute approximate surface area is 133 Å². The van der Waals surface area contributed by atoms with Gasteiger partial charge in [-0.05, 0) is 58.9 Å². The molecule has 0 aliphatic heterocycles. The van der Waals surface area contributed by atoms with Crippen LogP contribution in [0.3, 0.4) is 0 Å². The van der Waals surface area contributed by atoms with Crippen LogP contribution in [0.15, 0.2) is 29.2 Å². The molecule has 1 aromatic carbocycles. The summed E-state index contributed by atoms with van der Waals surface area (Å²) in [5.41, 5.74) is 1.11. The number of benzene rings is 1. The first-order valence-corrected chi connectivity index (χ1v) is 8.43. The van der Waals surface area contributed by atoms with Crippen molar-refractivity contribution in [3.8, 4) is 0 Å². The lowest BCUT2D eigenvalue weighted by Gasteiger charge is -2.26. The maximum absolute atomic E-state index is 12.2. The number of amides is 1. The van der Waals surface area contributed by atoms with Gasteiger partial charge in [-0.1, -0.05) is 19.1 Å². The molecule has 0 aliphatic rings. The fourth-order valence-corrected chi connectivity index (χ4v) is 2.65. The van der Waals surface area contributed by atoms with Crippen molar-refractivity contribution in [3.05, 3.63) is 29.8 Å². The molecule has 2 unspecified atom stereocenters. The van der Waals surface area contributed by atoms with Crippen molar-refractivity contribution in [3.63, 3.8) is 0 Å². The highest BCUT2D eigenvalue weighted by Gasteiger charge is 2.22. The predicted octanol–water partition coefficient (Wildman–Crippen LogP) is 3.75. The van der Waals surface area contributed by atoms with Gasteiger partial charge in [0.05, 0.1) is 5.25 Å². The van der Waals surface area contributed by atoms with Gasteiger partial charge < -0.3 is 10.6 Å². The summed E-state index contributed by atoms with van der Waals surface area (Å²) in [4.78, 5) is 13.3. The van der Waals surface area contributed by atoms with E-state index in [4.69, 9.17) is 0 Å². The minimum absolute atomic E-state index is 0.0941. The van der Waals surface area contributed by atoms with Crippen molar-refractivity contribution < 1.29 is 4.79 Å². The van der Waals surface area contributed by atoms with E-state index < -0.39 is 0 Å². The molecule has 0 saturated carbocycles. The lowest BCUT2D eigenvalue weighted by molar-refractivity contribution is -0.121. The highest BCUT2D eigenvalue weighted by molar-refractivity contribution is 8.00. The van der Waals surface area contributed by atoms with Crippen LogP contribution >= 0.6 is 11.8 Å². The maximum atomic E-state index is 12.2. The Kier molecular flexibility index (Phi) is 6.75. The van der Waals surface area contributed by atoms with E-state index in [1.165, 1.54) is 5.56 Å². The first-order chi connectivity index (χ1) is 9.79. The average molecular weight is 308 g/mol. The number of thioether (sulfide) groups is 1. The molecule has 0 saturated heterocycles. The highest BCUT2D eigenvalue weighted by atomic mass is 32.2. The topological polar surface area (TPSA) is 41.1 Å². The van der Waals surface area contributed by atoms with Gasteiger partial charge in [0, 0.05) is 16.5 Å². The Hall–Kier alpha value is -1.00. The van der Waals surface area contributed by atoms with E-state index in [-0.39, 0.29) is 16.7 Å². The summed E-state index contributed by atoms with van der Waals surface area (Å²) in [6.45, 7) is 10.3. The van der Waals surface area contributed by atoms with E-state index in [0.29, 0.717) is 6.04 Å². The third-order valence-electron chi connectivity index (χ3n) is 3.84. The van der Waals surface area contributed by atoms with Gasteiger partial charge in [-0.15, -0.1) is 11.8 Å². The van der Waals surface area contributed by atoms with Crippen molar-refractivity contribution in [2.24, 2.45) is 0 Å². The van der Waals surface area contributed by atoms with E-state index in [0.717, 1.165) is 11.3 Å². The molecule has 1 rings (SSSR count). The lowest BCUT2D eigenvalue weighted by Crippen LogP contribution is -2.46. The Morgan fingerprint density at radius 3 is 2.29 bits per heavy atom. The second-order valence-corrected chi connectivity index (χ2v) is 7.48. The SMILES string of the molecule is CCC(C)(C)NC(=O)C(C)Sc1ccc(C(C)NC)cc1. The molecule has 1 aromatic rings. The van der Waals surface area contributed by atoms with Crippen molar-refractivity contribution in [2.75, 3.05) is 7.05 Å². The fourth-order valence-electron chi connectivity index (χ4n) is 1.78. The molecule has 0 heterocycles. The molecule has 118 valence electrons. The zero-order chi connectivity index (χ0) is 16.0. The second-order valence-electron chi connectivity index (χ2n) is 6.07. The molecule has 0 aliphatic carbocycles. The second kappa shape index (κ2) is 7.85. The van der Waals surface area contributed by atoms with Crippen LogP contribution in [0.1, 0.15) is 52.6 Å². The minimum atomic E-state index is -0.141. The molecule has 2 atom stereocenters. The van der Waals surface area contributed by atoms with Crippen LogP contribution in [-0.2, 0) is 4.79 Å². The van der Waals surface area contributed by atoms with Crippen LogP contribution < -0.4 is 10.6 Å². The Morgan fingerprint density at radius 2 is 1.81 bits per heavy atom. The molecule has 4 heteroatoms. The van der Waals surface area contributed by atoms with Crippen LogP contribution in [0.4, 0.5) is 0 Å². The van der Waals surface area contributed by atoms with Gasteiger partial charge in [-0.25, -0.2) is 0 Å². The van der Waals surface area contributed by atoms with Gasteiger partial charge in [-0.2, -0.15) is 0 Å². The minimum Gasteiger partial charge on any atom is -0.350 e. The van der Waals surface area contributed by atoms with Crippen LogP contribution in [0.5, 0.6) is 0 Å². The zero-order valence-corrected chi connectivity index (χ0v) is 14.8. The Bertz CT molecular complexity index is 456. The average Bonchev–Trinajstić information content (AvgIpc) is 2.46. The van der Waals surface area contributed by atoms with Gasteiger partial charge in [0.25, 0.3) is 0 Å². The number of hydrogen-bond donors (Lipinski definition) is 2. The van der Waals surface area contributed by atoms with Crippen molar-refractivity contribution in [2.45, 2.75) is 62.8 Å². The normalized spacial score (nSPS) is 14.6. The van der Waals surface area contributed by atoms with Gasteiger partial charge in [0.2, 0.25) is 5.91 Å². The van der Waals surface area contributed by atoms with Crippen LogP contribution in [0, 0.1) is 0 Å². The molecule has 21 heavy (non-hydrogen) atoms. The van der Waals surface area contributed by atoms with Crippen LogP contribution in [0.2, 0.25) is 0 Å². The zero-order valence-electron chi connectivity index (χ0n) is 14.0. The first kappa shape index (κ1) is 18.1. The molecule has 0 aromatic heterocycles. The third-order valence-corrected chi connectivity index (χ3v) is 4.95. The van der Waals surface area contributed by atoms with E-state index in [1.807, 2.05) is 14.0 Å². The Morgan fingerprint density at radius 1 is 1.24 bits per heavy atom. The third kappa shape index (κ3) is 5.71. The van der Waals surface area contributed by atoms with Gasteiger partial charge in [0.15, 0.2) is 0 Å². The number of carbonyl (C=O) groups excluding carboxylic acids is 1. The van der Waals surface area contributed by atoms with E-state index >= 15 is 0 Å². The summed E-state index contributed by atoms with van der Waals surface area (Å²) >= 11 is 1.60. The first-order valence-electron chi connectivity index (χ1n) is 7.55. The van der Waals surface area contributed by atoms with Gasteiger partial charge in [0.1, 0.15) is 0 Å². The predicted molar refractivity (Wildman–Crippen MR) is 91.7 cm³/mol. The number of nitrogens with one attached hydrogen (secondary N) is 2. The molecule has 0 bridgehead atoms. The monoisotopic (exact) mass is 308 g/mol. The lowest BCUT2D eigenvalue weighted by atomic mass is 10.0. The smallest absolute Gasteiger partial charge is 0.233 e. The number of hydrogen-bond acceptors (Lipinski definition) is 3. The van der Waals surface area contributed by atoms with E-state index in [9.17, 15) is 4.79 Å². The largest absolute Gasteiger partial charge is 0.350 e. The molecule has 1 amide bonds. The summed E-state index contributed by atoms with van der Waals surface area (Å²) in [5.74, 6) is 0.0968. The Balaban J connectivity index is 2.62. The molecule has 0 spiro atoms. The quantitative estimate of drug-likeness (QED) is 0.754. The molecule has 0 fully saturated rings. The molecule has 3 nitrogen and oxygen atoms in total.